The Morgan fingerprint density at radius 1 is 1.65 bits per heavy atom. The number of alkyl halides is 1. The van der Waals surface area contributed by atoms with Crippen LogP contribution in [0, 0.1) is 5.41 Å². The molecule has 0 heterocycles. The van der Waals surface area contributed by atoms with E-state index in [1.54, 1.807) is 6.92 Å². The van der Waals surface area contributed by atoms with Gasteiger partial charge in [0.05, 0.1) is 12.7 Å². The fourth-order valence-electron chi connectivity index (χ4n) is 2.27. The summed E-state index contributed by atoms with van der Waals surface area (Å²) in [6.07, 6.45) is 2.22. The molecule has 0 saturated heterocycles. The molecule has 1 rings (SSSR count). The van der Waals surface area contributed by atoms with Gasteiger partial charge >= 0.3 is 5.97 Å². The van der Waals surface area contributed by atoms with E-state index in [2.05, 4.69) is 22.6 Å². The molecule has 98 valence electrons. The summed E-state index contributed by atoms with van der Waals surface area (Å²) in [5.74, 6) is -0.417. The molecule has 0 spiro atoms. The van der Waals surface area contributed by atoms with Crippen LogP contribution in [0.1, 0.15) is 39.0 Å². The molecule has 0 bridgehead atoms. The Labute approximate surface area is 115 Å². The fraction of sp³-hybridized carbons (Fsp3) is 0.833. The van der Waals surface area contributed by atoms with Crippen molar-refractivity contribution in [1.29, 1.82) is 0 Å². The average Bonchev–Trinajstić information content (AvgIpc) is 2.69. The highest BCUT2D eigenvalue weighted by atomic mass is 127. The van der Waals surface area contributed by atoms with E-state index in [4.69, 9.17) is 4.74 Å². The lowest BCUT2D eigenvalue weighted by Crippen LogP contribution is -2.37. The number of ether oxygens (including phenoxy) is 1. The van der Waals surface area contributed by atoms with Gasteiger partial charge in [-0.25, -0.2) is 0 Å². The number of hydrogen-bond acceptors (Lipinski definition) is 4. The summed E-state index contributed by atoms with van der Waals surface area (Å²) < 4.78 is 5.64. The highest BCUT2D eigenvalue weighted by molar-refractivity contribution is 14.1. The first-order chi connectivity index (χ1) is 8.06. The molecule has 17 heavy (non-hydrogen) atoms. The molecular weight excluding hydrogens is 335 g/mol. The van der Waals surface area contributed by atoms with Gasteiger partial charge in [0.2, 0.25) is 0 Å². The first kappa shape index (κ1) is 14.9. The van der Waals surface area contributed by atoms with Crippen LogP contribution < -0.4 is 0 Å². The second-order valence-electron chi connectivity index (χ2n) is 4.43. The number of aliphatic hydroxyl groups is 1. The van der Waals surface area contributed by atoms with Crippen molar-refractivity contribution in [3.8, 4) is 0 Å². The molecule has 1 saturated carbocycles. The fourth-order valence-corrected chi connectivity index (χ4v) is 2.71. The Bertz CT molecular complexity index is 292. The normalized spacial score (nSPS) is 25.9. The number of Topliss-reactive ketones (excluding diaryl/α,β-unsaturated/α-hetero) is 1. The van der Waals surface area contributed by atoms with E-state index in [9.17, 15) is 14.7 Å². The van der Waals surface area contributed by atoms with Crippen LogP contribution in [0.15, 0.2) is 0 Å². The summed E-state index contributed by atoms with van der Waals surface area (Å²) >= 11 is 2.09. The highest BCUT2D eigenvalue weighted by Gasteiger charge is 2.49. The van der Waals surface area contributed by atoms with Crippen molar-refractivity contribution in [1.82, 2.24) is 0 Å². The number of esters is 1. The number of carbonyl (C=O) groups excluding carboxylic acids is 2. The average molecular weight is 354 g/mol. The van der Waals surface area contributed by atoms with Crippen LogP contribution in [0.4, 0.5) is 0 Å². The van der Waals surface area contributed by atoms with E-state index in [0.29, 0.717) is 36.7 Å². The maximum Gasteiger partial charge on any atom is 0.319 e. The minimum Gasteiger partial charge on any atom is -0.465 e. The Kier molecular flexibility index (Phi) is 5.85. The van der Waals surface area contributed by atoms with Crippen LogP contribution in [0.3, 0.4) is 0 Å². The van der Waals surface area contributed by atoms with Crippen LogP contribution in [0.2, 0.25) is 0 Å². The Balaban J connectivity index is 2.73. The lowest BCUT2D eigenvalue weighted by Gasteiger charge is -2.25. The van der Waals surface area contributed by atoms with Crippen LogP contribution in [-0.4, -0.2) is 34.0 Å². The van der Waals surface area contributed by atoms with Gasteiger partial charge in [-0.1, -0.05) is 22.6 Å². The molecule has 0 radical (unpaired) electrons. The predicted molar refractivity (Wildman–Crippen MR) is 72.1 cm³/mol. The van der Waals surface area contributed by atoms with Gasteiger partial charge in [0, 0.05) is 10.8 Å². The lowest BCUT2D eigenvalue weighted by atomic mass is 9.80. The Morgan fingerprint density at radius 3 is 2.82 bits per heavy atom. The first-order valence-corrected chi connectivity index (χ1v) is 7.54. The number of rotatable bonds is 6. The molecule has 0 aromatic heterocycles. The zero-order chi connectivity index (χ0) is 12.9. The zero-order valence-electron chi connectivity index (χ0n) is 10.1. The highest BCUT2D eigenvalue weighted by Crippen LogP contribution is 2.40. The molecule has 0 aromatic carbocycles. The SMILES string of the molecule is CCOC(=O)C1(CCC(O)CI)CCCC1=O. The Hall–Kier alpha value is -0.170. The summed E-state index contributed by atoms with van der Waals surface area (Å²) in [6, 6.07) is 0. The molecule has 4 nitrogen and oxygen atoms in total. The monoisotopic (exact) mass is 354 g/mol. The second kappa shape index (κ2) is 6.68. The minimum absolute atomic E-state index is 0.0170. The van der Waals surface area contributed by atoms with E-state index >= 15 is 0 Å². The van der Waals surface area contributed by atoms with E-state index in [1.807, 2.05) is 0 Å². The van der Waals surface area contributed by atoms with Gasteiger partial charge in [0.15, 0.2) is 0 Å². The second-order valence-corrected chi connectivity index (χ2v) is 5.31. The molecule has 1 N–H and O–H groups in total. The molecule has 5 heteroatoms. The largest absolute Gasteiger partial charge is 0.465 e. The zero-order valence-corrected chi connectivity index (χ0v) is 12.2. The smallest absolute Gasteiger partial charge is 0.319 e. The van der Waals surface area contributed by atoms with Crippen molar-refractivity contribution in [3.63, 3.8) is 0 Å². The molecule has 2 atom stereocenters. The quantitative estimate of drug-likeness (QED) is 0.342. The maximum absolute atomic E-state index is 12.0. The molecule has 1 aliphatic carbocycles. The standard InChI is InChI=1S/C12H19IO4/c1-2-17-11(16)12(6-3-4-10(12)15)7-5-9(14)8-13/h9,14H,2-8H2,1H3. The van der Waals surface area contributed by atoms with Crippen molar-refractivity contribution in [2.45, 2.75) is 45.1 Å². The van der Waals surface area contributed by atoms with E-state index in [0.717, 1.165) is 6.42 Å². The van der Waals surface area contributed by atoms with Crippen molar-refractivity contribution >= 4 is 34.3 Å². The molecule has 1 aliphatic rings. The number of aliphatic hydroxyl groups excluding tert-OH is 1. The Morgan fingerprint density at radius 2 is 2.35 bits per heavy atom. The molecule has 0 amide bonds. The van der Waals surface area contributed by atoms with Crippen molar-refractivity contribution in [3.05, 3.63) is 0 Å². The summed E-state index contributed by atoms with van der Waals surface area (Å²) in [7, 11) is 0. The van der Waals surface area contributed by atoms with Gasteiger partial charge in [0.25, 0.3) is 0 Å². The maximum atomic E-state index is 12.0. The van der Waals surface area contributed by atoms with Crippen LogP contribution >= 0.6 is 22.6 Å². The van der Waals surface area contributed by atoms with Gasteiger partial charge in [0.1, 0.15) is 11.2 Å². The van der Waals surface area contributed by atoms with Crippen LogP contribution in [-0.2, 0) is 14.3 Å². The third kappa shape index (κ3) is 3.40. The van der Waals surface area contributed by atoms with Crippen LogP contribution in [0.25, 0.3) is 0 Å². The summed E-state index contributed by atoms with van der Waals surface area (Å²) in [5, 5.41) is 9.56. The molecule has 1 fully saturated rings. The topological polar surface area (TPSA) is 63.6 Å². The van der Waals surface area contributed by atoms with Gasteiger partial charge in [-0.3, -0.25) is 9.59 Å². The summed E-state index contributed by atoms with van der Waals surface area (Å²) in [5.41, 5.74) is -0.969. The third-order valence-electron chi connectivity index (χ3n) is 3.29. The van der Waals surface area contributed by atoms with E-state index in [1.165, 1.54) is 0 Å². The number of halogens is 1. The molecular formula is C12H19IO4. The first-order valence-electron chi connectivity index (χ1n) is 6.01. The van der Waals surface area contributed by atoms with E-state index in [-0.39, 0.29) is 5.78 Å². The third-order valence-corrected chi connectivity index (χ3v) is 4.31. The predicted octanol–water partition coefficient (Wildman–Crippen LogP) is 1.86. The van der Waals surface area contributed by atoms with Crippen molar-refractivity contribution < 1.29 is 19.4 Å². The van der Waals surface area contributed by atoms with Crippen LogP contribution in [0.5, 0.6) is 0 Å². The molecule has 0 aromatic rings. The van der Waals surface area contributed by atoms with Gasteiger partial charge in [-0.05, 0) is 32.6 Å². The summed E-state index contributed by atoms with van der Waals surface area (Å²) in [4.78, 5) is 23.9. The lowest BCUT2D eigenvalue weighted by molar-refractivity contribution is -0.159. The van der Waals surface area contributed by atoms with Gasteiger partial charge in [-0.15, -0.1) is 0 Å². The van der Waals surface area contributed by atoms with Crippen molar-refractivity contribution in [2.75, 3.05) is 11.0 Å². The van der Waals surface area contributed by atoms with E-state index < -0.39 is 17.5 Å². The molecule has 0 aliphatic heterocycles. The number of ketones is 1. The van der Waals surface area contributed by atoms with Crippen molar-refractivity contribution in [2.24, 2.45) is 5.41 Å². The minimum atomic E-state index is -0.969. The van der Waals surface area contributed by atoms with Gasteiger partial charge < -0.3 is 9.84 Å². The van der Waals surface area contributed by atoms with Gasteiger partial charge in [-0.2, -0.15) is 0 Å². The number of hydrogen-bond donors (Lipinski definition) is 1. The molecule has 2 unspecified atom stereocenters. The summed E-state index contributed by atoms with van der Waals surface area (Å²) in [6.45, 7) is 2.04. The number of carbonyl (C=O) groups is 2.